The van der Waals surface area contributed by atoms with Crippen LogP contribution in [0.25, 0.3) is 0 Å². The van der Waals surface area contributed by atoms with Gasteiger partial charge in [0.1, 0.15) is 5.78 Å². The molecule has 2 heterocycles. The second kappa shape index (κ2) is 4.78. The van der Waals surface area contributed by atoms with Crippen LogP contribution in [0.2, 0.25) is 0 Å². The van der Waals surface area contributed by atoms with Crippen LogP contribution in [-0.4, -0.2) is 34.8 Å². The van der Waals surface area contributed by atoms with Crippen molar-refractivity contribution in [1.82, 2.24) is 10.0 Å². The molecule has 0 bridgehead atoms. The minimum atomic E-state index is -0.0864. The van der Waals surface area contributed by atoms with Gasteiger partial charge >= 0.3 is 0 Å². The van der Waals surface area contributed by atoms with Gasteiger partial charge in [0, 0.05) is 25.9 Å². The standard InChI is InChI=1S/C15H18N2O2/c1-2-13(18)12-10-17-14(19)8-9-16(17)15(12)11-6-4-3-5-7-11/h3-7,12,15H,2,8-10H2,1H3. The van der Waals surface area contributed by atoms with E-state index in [-0.39, 0.29) is 23.7 Å². The number of hydrogen-bond donors (Lipinski definition) is 0. The molecule has 0 aromatic heterocycles. The molecule has 4 nitrogen and oxygen atoms in total. The lowest BCUT2D eigenvalue weighted by atomic mass is 9.89. The zero-order valence-electron chi connectivity index (χ0n) is 11.1. The van der Waals surface area contributed by atoms with Crippen molar-refractivity contribution in [2.24, 2.45) is 5.92 Å². The van der Waals surface area contributed by atoms with Gasteiger partial charge in [0.25, 0.3) is 0 Å². The Morgan fingerprint density at radius 3 is 2.74 bits per heavy atom. The van der Waals surface area contributed by atoms with E-state index in [4.69, 9.17) is 0 Å². The molecule has 2 aliphatic heterocycles. The van der Waals surface area contributed by atoms with Crippen LogP contribution in [0, 0.1) is 5.92 Å². The van der Waals surface area contributed by atoms with E-state index >= 15 is 0 Å². The van der Waals surface area contributed by atoms with E-state index in [9.17, 15) is 9.59 Å². The van der Waals surface area contributed by atoms with Gasteiger partial charge in [-0.15, -0.1) is 0 Å². The number of hydrazine groups is 1. The molecule has 0 N–H and O–H groups in total. The zero-order chi connectivity index (χ0) is 13.4. The van der Waals surface area contributed by atoms with Crippen LogP contribution in [0.15, 0.2) is 30.3 Å². The minimum absolute atomic E-state index is 0.0279. The molecule has 2 unspecified atom stereocenters. The fourth-order valence-electron chi connectivity index (χ4n) is 3.19. The molecule has 2 fully saturated rings. The molecule has 0 spiro atoms. The monoisotopic (exact) mass is 258 g/mol. The summed E-state index contributed by atoms with van der Waals surface area (Å²) in [6, 6.07) is 10.1. The third-order valence-corrected chi connectivity index (χ3v) is 4.13. The summed E-state index contributed by atoms with van der Waals surface area (Å²) in [5, 5.41) is 3.85. The summed E-state index contributed by atoms with van der Waals surface area (Å²) in [6.45, 7) is 3.17. The molecule has 4 heteroatoms. The van der Waals surface area contributed by atoms with Crippen molar-refractivity contribution in [3.8, 4) is 0 Å². The van der Waals surface area contributed by atoms with Gasteiger partial charge in [-0.1, -0.05) is 37.3 Å². The number of carbonyl (C=O) groups excluding carboxylic acids is 2. The minimum Gasteiger partial charge on any atom is -0.299 e. The smallest absolute Gasteiger partial charge is 0.238 e. The molecular formula is C15H18N2O2. The Morgan fingerprint density at radius 1 is 1.32 bits per heavy atom. The summed E-state index contributed by atoms with van der Waals surface area (Å²) in [5.74, 6) is 0.306. The van der Waals surface area contributed by atoms with Crippen LogP contribution in [0.3, 0.4) is 0 Å². The summed E-state index contributed by atoms with van der Waals surface area (Å²) in [4.78, 5) is 24.0. The summed E-state index contributed by atoms with van der Waals surface area (Å²) < 4.78 is 0. The van der Waals surface area contributed by atoms with Gasteiger partial charge in [-0.05, 0) is 5.56 Å². The van der Waals surface area contributed by atoms with Crippen LogP contribution < -0.4 is 0 Å². The average molecular weight is 258 g/mol. The van der Waals surface area contributed by atoms with Crippen LogP contribution in [0.5, 0.6) is 0 Å². The van der Waals surface area contributed by atoms with Crippen molar-refractivity contribution in [2.75, 3.05) is 13.1 Å². The van der Waals surface area contributed by atoms with Gasteiger partial charge in [-0.3, -0.25) is 14.6 Å². The van der Waals surface area contributed by atoms with Crippen LogP contribution in [0.1, 0.15) is 31.4 Å². The Morgan fingerprint density at radius 2 is 2.05 bits per heavy atom. The molecule has 1 amide bonds. The van der Waals surface area contributed by atoms with Crippen LogP contribution in [0.4, 0.5) is 0 Å². The van der Waals surface area contributed by atoms with Crippen molar-refractivity contribution in [3.63, 3.8) is 0 Å². The van der Waals surface area contributed by atoms with E-state index in [1.165, 1.54) is 0 Å². The van der Waals surface area contributed by atoms with Gasteiger partial charge in [-0.25, -0.2) is 5.01 Å². The number of nitrogens with zero attached hydrogens (tertiary/aromatic N) is 2. The Labute approximate surface area is 113 Å². The van der Waals surface area contributed by atoms with Crippen LogP contribution >= 0.6 is 0 Å². The lowest BCUT2D eigenvalue weighted by Gasteiger charge is -2.26. The Hall–Kier alpha value is -1.68. The fourth-order valence-corrected chi connectivity index (χ4v) is 3.19. The number of ketones is 1. The van der Waals surface area contributed by atoms with Gasteiger partial charge in [-0.2, -0.15) is 0 Å². The summed E-state index contributed by atoms with van der Waals surface area (Å²) in [5.41, 5.74) is 1.13. The number of rotatable bonds is 3. The highest BCUT2D eigenvalue weighted by Crippen LogP contribution is 2.40. The Balaban J connectivity index is 1.97. The number of benzene rings is 1. The van der Waals surface area contributed by atoms with Gasteiger partial charge in [0.05, 0.1) is 12.0 Å². The molecular weight excluding hydrogens is 240 g/mol. The van der Waals surface area contributed by atoms with Crippen molar-refractivity contribution in [3.05, 3.63) is 35.9 Å². The first-order valence-corrected chi connectivity index (χ1v) is 6.87. The first kappa shape index (κ1) is 12.4. The lowest BCUT2D eigenvalue weighted by molar-refractivity contribution is -0.135. The second-order valence-corrected chi connectivity index (χ2v) is 5.17. The van der Waals surface area contributed by atoms with E-state index in [2.05, 4.69) is 5.01 Å². The number of carbonyl (C=O) groups is 2. The molecule has 3 rings (SSSR count). The SMILES string of the molecule is CCC(=O)C1CN2C(=O)CCN2C1c1ccccc1. The predicted octanol–water partition coefficient (Wildman–Crippen LogP) is 1.79. The first-order valence-electron chi connectivity index (χ1n) is 6.87. The van der Waals surface area contributed by atoms with Gasteiger partial charge in [0.15, 0.2) is 0 Å². The van der Waals surface area contributed by atoms with Crippen molar-refractivity contribution in [1.29, 1.82) is 0 Å². The third kappa shape index (κ3) is 1.96. The Kier molecular flexibility index (Phi) is 3.11. The summed E-state index contributed by atoms with van der Waals surface area (Å²) >= 11 is 0. The normalized spacial score (nSPS) is 26.8. The first-order chi connectivity index (χ1) is 9.22. The molecule has 2 saturated heterocycles. The highest BCUT2D eigenvalue weighted by atomic mass is 16.2. The second-order valence-electron chi connectivity index (χ2n) is 5.17. The molecule has 100 valence electrons. The molecule has 0 radical (unpaired) electrons. The van der Waals surface area contributed by atoms with Gasteiger partial charge < -0.3 is 0 Å². The molecule has 0 saturated carbocycles. The maximum Gasteiger partial charge on any atom is 0.238 e. The molecule has 2 aliphatic rings. The molecule has 2 atom stereocenters. The number of Topliss-reactive ketones (excluding diaryl/α,β-unsaturated/α-hetero) is 1. The van der Waals surface area contributed by atoms with E-state index in [1.807, 2.05) is 37.3 Å². The number of hydrogen-bond acceptors (Lipinski definition) is 3. The topological polar surface area (TPSA) is 40.6 Å². The highest BCUT2D eigenvalue weighted by molar-refractivity contribution is 5.85. The average Bonchev–Trinajstić information content (AvgIpc) is 2.99. The van der Waals surface area contributed by atoms with E-state index in [0.717, 1.165) is 12.1 Å². The van der Waals surface area contributed by atoms with Gasteiger partial charge in [0.2, 0.25) is 5.91 Å². The Bertz CT molecular complexity index is 500. The fraction of sp³-hybridized carbons (Fsp3) is 0.467. The maximum atomic E-state index is 12.2. The lowest BCUT2D eigenvalue weighted by Crippen LogP contribution is -2.33. The quantitative estimate of drug-likeness (QED) is 0.830. The third-order valence-electron chi connectivity index (χ3n) is 4.13. The van der Waals surface area contributed by atoms with Crippen molar-refractivity contribution in [2.45, 2.75) is 25.8 Å². The maximum absolute atomic E-state index is 12.2. The largest absolute Gasteiger partial charge is 0.299 e. The highest BCUT2D eigenvalue weighted by Gasteiger charge is 2.48. The zero-order valence-corrected chi connectivity index (χ0v) is 11.1. The molecule has 0 aliphatic carbocycles. The summed E-state index contributed by atoms with van der Waals surface area (Å²) in [6.07, 6.45) is 1.10. The molecule has 19 heavy (non-hydrogen) atoms. The predicted molar refractivity (Wildman–Crippen MR) is 71.0 cm³/mol. The molecule has 1 aromatic carbocycles. The van der Waals surface area contributed by atoms with Crippen molar-refractivity contribution < 1.29 is 9.59 Å². The van der Waals surface area contributed by atoms with Crippen molar-refractivity contribution >= 4 is 11.7 Å². The van der Waals surface area contributed by atoms with E-state index in [1.54, 1.807) is 5.01 Å². The van der Waals surface area contributed by atoms with E-state index < -0.39 is 0 Å². The molecule has 1 aromatic rings. The number of fused-ring (bicyclic) bond motifs is 1. The van der Waals surface area contributed by atoms with Crippen LogP contribution in [-0.2, 0) is 9.59 Å². The van der Waals surface area contributed by atoms with E-state index in [0.29, 0.717) is 19.4 Å². The number of amides is 1. The summed E-state index contributed by atoms with van der Waals surface area (Å²) in [7, 11) is 0.